The first-order valence-corrected chi connectivity index (χ1v) is 9.58. The highest BCUT2D eigenvalue weighted by Crippen LogP contribution is 2.64. The minimum atomic E-state index is -3.92. The highest BCUT2D eigenvalue weighted by molar-refractivity contribution is 7.92. The van der Waals surface area contributed by atoms with Gasteiger partial charge >= 0.3 is 5.97 Å². The van der Waals surface area contributed by atoms with Crippen LogP contribution in [0.5, 0.6) is 0 Å². The van der Waals surface area contributed by atoms with Crippen LogP contribution in [-0.2, 0) is 19.4 Å². The van der Waals surface area contributed by atoms with Gasteiger partial charge in [0.25, 0.3) is 0 Å². The average molecular weight is 378 g/mol. The Kier molecular flexibility index (Phi) is 4.62. The van der Waals surface area contributed by atoms with Crippen LogP contribution in [0.25, 0.3) is 0 Å². The van der Waals surface area contributed by atoms with Crippen LogP contribution < -0.4 is 0 Å². The molecule has 1 saturated carbocycles. The first-order valence-electron chi connectivity index (χ1n) is 8.03. The van der Waals surface area contributed by atoms with Crippen molar-refractivity contribution in [3.8, 4) is 0 Å². The SMILES string of the molecule is COC[C@]1(C(=O)O)[C@H](c2ccc(F)cc2)[C@H]1S(=O)(=O)c1ccc(C)cc1. The maximum atomic E-state index is 13.2. The van der Waals surface area contributed by atoms with Crippen molar-refractivity contribution in [1.82, 2.24) is 0 Å². The molecule has 0 spiro atoms. The van der Waals surface area contributed by atoms with E-state index in [0.29, 0.717) is 5.56 Å². The predicted octanol–water partition coefficient (Wildman–Crippen LogP) is 2.79. The fourth-order valence-electron chi connectivity index (χ4n) is 3.60. The Morgan fingerprint density at radius 1 is 1.15 bits per heavy atom. The number of aryl methyl sites for hydroxylation is 1. The fraction of sp³-hybridized carbons (Fsp3) is 0.316. The van der Waals surface area contributed by atoms with Gasteiger partial charge in [0.1, 0.15) is 11.2 Å². The number of ether oxygens (including phenoxy) is 1. The highest BCUT2D eigenvalue weighted by Gasteiger charge is 2.76. The second kappa shape index (κ2) is 6.48. The summed E-state index contributed by atoms with van der Waals surface area (Å²) in [6.07, 6.45) is 0. The lowest BCUT2D eigenvalue weighted by Crippen LogP contribution is -2.28. The molecule has 0 saturated heterocycles. The van der Waals surface area contributed by atoms with Gasteiger partial charge in [-0.15, -0.1) is 0 Å². The smallest absolute Gasteiger partial charge is 0.314 e. The van der Waals surface area contributed by atoms with E-state index >= 15 is 0 Å². The fourth-order valence-corrected chi connectivity index (χ4v) is 5.96. The summed E-state index contributed by atoms with van der Waals surface area (Å²) in [5.74, 6) is -2.53. The topological polar surface area (TPSA) is 80.7 Å². The van der Waals surface area contributed by atoms with Crippen LogP contribution in [0.4, 0.5) is 4.39 Å². The number of carboxylic acids is 1. The lowest BCUT2D eigenvalue weighted by Gasteiger charge is -2.12. The summed E-state index contributed by atoms with van der Waals surface area (Å²) in [5.41, 5.74) is -0.237. The van der Waals surface area contributed by atoms with Gasteiger partial charge in [-0.05, 0) is 36.8 Å². The molecule has 0 unspecified atom stereocenters. The summed E-state index contributed by atoms with van der Waals surface area (Å²) in [6.45, 7) is 1.58. The molecule has 1 N–H and O–H groups in total. The van der Waals surface area contributed by atoms with E-state index in [1.165, 1.54) is 43.5 Å². The zero-order valence-electron chi connectivity index (χ0n) is 14.3. The number of halogens is 1. The minimum Gasteiger partial charge on any atom is -0.481 e. The first kappa shape index (κ1) is 18.5. The number of hydrogen-bond donors (Lipinski definition) is 1. The summed E-state index contributed by atoms with van der Waals surface area (Å²) in [4.78, 5) is 12.1. The second-order valence-corrected chi connectivity index (χ2v) is 8.66. The molecule has 3 atom stereocenters. The van der Waals surface area contributed by atoms with E-state index in [1.807, 2.05) is 6.92 Å². The van der Waals surface area contributed by atoms with Crippen LogP contribution in [0.3, 0.4) is 0 Å². The third kappa shape index (κ3) is 2.81. The van der Waals surface area contributed by atoms with E-state index in [2.05, 4.69) is 0 Å². The van der Waals surface area contributed by atoms with E-state index in [4.69, 9.17) is 4.74 Å². The Balaban J connectivity index is 2.11. The maximum absolute atomic E-state index is 13.2. The third-order valence-corrected chi connectivity index (χ3v) is 7.24. The molecule has 0 radical (unpaired) electrons. The molecule has 1 aliphatic carbocycles. The molecule has 0 aliphatic heterocycles. The molecule has 0 amide bonds. The molecule has 7 heteroatoms. The molecule has 1 fully saturated rings. The number of methoxy groups -OCH3 is 1. The molecule has 26 heavy (non-hydrogen) atoms. The van der Waals surface area contributed by atoms with Crippen molar-refractivity contribution < 1.29 is 27.4 Å². The number of rotatable bonds is 6. The van der Waals surface area contributed by atoms with Crippen molar-refractivity contribution in [2.24, 2.45) is 5.41 Å². The number of benzene rings is 2. The van der Waals surface area contributed by atoms with Gasteiger partial charge in [0, 0.05) is 13.0 Å². The van der Waals surface area contributed by atoms with E-state index in [9.17, 15) is 22.7 Å². The molecule has 138 valence electrons. The largest absolute Gasteiger partial charge is 0.481 e. The zero-order valence-corrected chi connectivity index (χ0v) is 15.2. The predicted molar refractivity (Wildman–Crippen MR) is 93.2 cm³/mol. The Hall–Kier alpha value is -2.25. The van der Waals surface area contributed by atoms with Crippen molar-refractivity contribution >= 4 is 15.8 Å². The van der Waals surface area contributed by atoms with Crippen LogP contribution in [0.15, 0.2) is 53.4 Å². The monoisotopic (exact) mass is 378 g/mol. The third-order valence-electron chi connectivity index (χ3n) is 4.95. The molecule has 0 bridgehead atoms. The van der Waals surface area contributed by atoms with Gasteiger partial charge in [0.2, 0.25) is 0 Å². The van der Waals surface area contributed by atoms with Crippen LogP contribution >= 0.6 is 0 Å². The number of hydrogen-bond acceptors (Lipinski definition) is 4. The standard InChI is InChI=1S/C19H19FO5S/c1-12-3-9-15(10-4-12)26(23,24)17-16(13-5-7-14(20)8-6-13)19(17,11-25-2)18(21)22/h3-10,16-17H,11H2,1-2H3,(H,21,22)/t16-,17-,19+/m1/s1. The minimum absolute atomic E-state index is 0.0689. The maximum Gasteiger partial charge on any atom is 0.314 e. The molecule has 0 aromatic heterocycles. The van der Waals surface area contributed by atoms with Gasteiger partial charge < -0.3 is 9.84 Å². The Morgan fingerprint density at radius 3 is 2.23 bits per heavy atom. The Labute approximate surface area is 151 Å². The van der Waals surface area contributed by atoms with Crippen molar-refractivity contribution in [2.75, 3.05) is 13.7 Å². The molecule has 2 aromatic carbocycles. The number of carboxylic acid groups (broad SMARTS) is 1. The molecule has 2 aromatic rings. The average Bonchev–Trinajstić information content (AvgIpc) is 3.27. The van der Waals surface area contributed by atoms with Gasteiger partial charge in [0.15, 0.2) is 9.84 Å². The van der Waals surface area contributed by atoms with Gasteiger partial charge in [0.05, 0.1) is 16.8 Å². The summed E-state index contributed by atoms with van der Waals surface area (Å²) < 4.78 is 44.6. The van der Waals surface area contributed by atoms with E-state index in [0.717, 1.165) is 5.56 Å². The molecular weight excluding hydrogens is 359 g/mol. The van der Waals surface area contributed by atoms with Crippen molar-refractivity contribution in [1.29, 1.82) is 0 Å². The van der Waals surface area contributed by atoms with Crippen molar-refractivity contribution in [3.63, 3.8) is 0 Å². The lowest BCUT2D eigenvalue weighted by atomic mass is 10.00. The second-order valence-electron chi connectivity index (χ2n) is 6.59. The Morgan fingerprint density at radius 2 is 1.73 bits per heavy atom. The molecule has 0 heterocycles. The normalized spacial score (nSPS) is 25.0. The van der Waals surface area contributed by atoms with Crippen LogP contribution in [0.2, 0.25) is 0 Å². The summed E-state index contributed by atoms with van der Waals surface area (Å²) >= 11 is 0. The summed E-state index contributed by atoms with van der Waals surface area (Å²) in [5, 5.41) is 8.65. The van der Waals surface area contributed by atoms with E-state index in [-0.39, 0.29) is 11.5 Å². The lowest BCUT2D eigenvalue weighted by molar-refractivity contribution is -0.145. The van der Waals surface area contributed by atoms with Crippen LogP contribution in [-0.4, -0.2) is 38.5 Å². The van der Waals surface area contributed by atoms with Gasteiger partial charge in [-0.3, -0.25) is 4.79 Å². The van der Waals surface area contributed by atoms with Crippen molar-refractivity contribution in [2.45, 2.75) is 23.0 Å². The summed E-state index contributed by atoms with van der Waals surface area (Å²) in [6, 6.07) is 11.5. The van der Waals surface area contributed by atoms with E-state index < -0.39 is 38.2 Å². The Bertz CT molecular complexity index is 921. The molecule has 1 aliphatic rings. The summed E-state index contributed by atoms with van der Waals surface area (Å²) in [7, 11) is -2.59. The molecule has 3 rings (SSSR count). The van der Waals surface area contributed by atoms with Gasteiger partial charge in [-0.1, -0.05) is 29.8 Å². The van der Waals surface area contributed by atoms with Crippen LogP contribution in [0.1, 0.15) is 17.0 Å². The highest BCUT2D eigenvalue weighted by atomic mass is 32.2. The number of aliphatic carboxylic acids is 1. The van der Waals surface area contributed by atoms with Crippen molar-refractivity contribution in [3.05, 3.63) is 65.5 Å². The van der Waals surface area contributed by atoms with E-state index in [1.54, 1.807) is 12.1 Å². The quantitative estimate of drug-likeness (QED) is 0.836. The van der Waals surface area contributed by atoms with Crippen LogP contribution in [0, 0.1) is 18.2 Å². The van der Waals surface area contributed by atoms with Gasteiger partial charge in [-0.25, -0.2) is 12.8 Å². The number of carbonyl (C=O) groups is 1. The first-order chi connectivity index (χ1) is 12.2. The van der Waals surface area contributed by atoms with Gasteiger partial charge in [-0.2, -0.15) is 0 Å². The zero-order chi connectivity index (χ0) is 19.1. The molecule has 5 nitrogen and oxygen atoms in total. The number of sulfone groups is 1. The molecular formula is C19H19FO5S.